The van der Waals surface area contributed by atoms with Crippen LogP contribution in [-0.2, 0) is 29.6 Å². The van der Waals surface area contributed by atoms with Crippen LogP contribution in [0.2, 0.25) is 0 Å². The molecule has 1 aliphatic rings. The highest BCUT2D eigenvalue weighted by Gasteiger charge is 2.29. The number of carbonyl (C=O) groups excluding carboxylic acids is 2. The Morgan fingerprint density at radius 1 is 1.00 bits per heavy atom. The second kappa shape index (κ2) is 11.2. The number of rotatable bonds is 9. The topological polar surface area (TPSA) is 45.6 Å². The smallest absolute Gasteiger partial charge is 0.242 e. The maximum absolute atomic E-state index is 13.4. The zero-order valence-electron chi connectivity index (χ0n) is 19.3. The van der Waals surface area contributed by atoms with E-state index in [1.165, 1.54) is 6.42 Å². The lowest BCUT2D eigenvalue weighted by Gasteiger charge is -2.36. The van der Waals surface area contributed by atoms with E-state index < -0.39 is 0 Å². The first-order chi connectivity index (χ1) is 14.9. The summed E-state index contributed by atoms with van der Waals surface area (Å²) in [6.45, 7) is 5.70. The van der Waals surface area contributed by atoms with Gasteiger partial charge in [-0.3, -0.25) is 9.59 Å². The number of amides is 2. The van der Waals surface area contributed by atoms with Crippen LogP contribution in [0.3, 0.4) is 0 Å². The fraction of sp³-hybridized carbons (Fsp3) is 0.538. The lowest BCUT2D eigenvalue weighted by Crippen LogP contribution is -2.49. The van der Waals surface area contributed by atoms with E-state index in [0.717, 1.165) is 36.9 Å². The van der Waals surface area contributed by atoms with E-state index in [1.54, 1.807) is 0 Å². The molecule has 0 spiro atoms. The number of hydrogen-bond acceptors (Lipinski definition) is 2. The van der Waals surface area contributed by atoms with Crippen molar-refractivity contribution in [2.24, 2.45) is 13.0 Å². The Kier molecular flexibility index (Phi) is 8.33. The van der Waals surface area contributed by atoms with Gasteiger partial charge in [0.05, 0.1) is 13.0 Å². The van der Waals surface area contributed by atoms with Gasteiger partial charge in [-0.05, 0) is 36.5 Å². The number of nitrogens with zero attached hydrogens (tertiary/aromatic N) is 3. The molecule has 0 aliphatic heterocycles. The van der Waals surface area contributed by atoms with Crippen LogP contribution < -0.4 is 0 Å². The summed E-state index contributed by atoms with van der Waals surface area (Å²) in [6.07, 6.45) is 7.83. The molecule has 5 heteroatoms. The van der Waals surface area contributed by atoms with Crippen molar-refractivity contribution in [2.75, 3.05) is 13.1 Å². The largest absolute Gasteiger partial charge is 0.353 e. The van der Waals surface area contributed by atoms with E-state index in [9.17, 15) is 9.59 Å². The molecule has 1 aromatic carbocycles. The Hall–Kier alpha value is -2.56. The van der Waals surface area contributed by atoms with Gasteiger partial charge in [0, 0.05) is 31.5 Å². The molecule has 1 aromatic heterocycles. The fourth-order valence-corrected chi connectivity index (χ4v) is 4.48. The summed E-state index contributed by atoms with van der Waals surface area (Å²) in [5.74, 6) is 0.476. The molecule has 3 rings (SSSR count). The number of aryl methyl sites for hydroxylation is 1. The van der Waals surface area contributed by atoms with Crippen molar-refractivity contribution in [3.05, 3.63) is 59.9 Å². The van der Waals surface area contributed by atoms with Gasteiger partial charge in [-0.1, -0.05) is 63.4 Å². The van der Waals surface area contributed by atoms with Crippen LogP contribution in [0.1, 0.15) is 57.2 Å². The highest BCUT2D eigenvalue weighted by Crippen LogP contribution is 2.24. The monoisotopic (exact) mass is 423 g/mol. The van der Waals surface area contributed by atoms with Gasteiger partial charge in [0.15, 0.2) is 0 Å². The lowest BCUT2D eigenvalue weighted by atomic mass is 9.93. The highest BCUT2D eigenvalue weighted by atomic mass is 16.2. The van der Waals surface area contributed by atoms with Crippen LogP contribution >= 0.6 is 0 Å². The minimum atomic E-state index is 0.0434. The number of carbonyl (C=O) groups is 2. The molecule has 31 heavy (non-hydrogen) atoms. The molecule has 0 atom stereocenters. The van der Waals surface area contributed by atoms with Gasteiger partial charge in [0.2, 0.25) is 11.8 Å². The predicted molar refractivity (Wildman–Crippen MR) is 124 cm³/mol. The number of aromatic nitrogens is 1. The summed E-state index contributed by atoms with van der Waals surface area (Å²) in [5, 5.41) is 0. The van der Waals surface area contributed by atoms with Crippen LogP contribution in [0.15, 0.2) is 48.7 Å². The van der Waals surface area contributed by atoms with Gasteiger partial charge in [-0.2, -0.15) is 0 Å². The third kappa shape index (κ3) is 6.71. The third-order valence-corrected chi connectivity index (χ3v) is 6.18. The molecular weight excluding hydrogens is 386 g/mol. The molecule has 2 amide bonds. The zero-order valence-corrected chi connectivity index (χ0v) is 19.3. The Labute approximate surface area is 187 Å². The van der Waals surface area contributed by atoms with Gasteiger partial charge in [-0.25, -0.2) is 0 Å². The molecule has 5 nitrogen and oxygen atoms in total. The lowest BCUT2D eigenvalue weighted by molar-refractivity contribution is -0.143. The van der Waals surface area contributed by atoms with Crippen molar-refractivity contribution in [1.29, 1.82) is 0 Å². The van der Waals surface area contributed by atoms with E-state index in [2.05, 4.69) is 24.5 Å². The predicted octanol–water partition coefficient (Wildman–Crippen LogP) is 4.41. The highest BCUT2D eigenvalue weighted by molar-refractivity contribution is 5.86. The van der Waals surface area contributed by atoms with Crippen molar-refractivity contribution < 1.29 is 9.59 Å². The Morgan fingerprint density at radius 3 is 2.32 bits per heavy atom. The summed E-state index contributed by atoms with van der Waals surface area (Å²) >= 11 is 0. The summed E-state index contributed by atoms with van der Waals surface area (Å²) in [4.78, 5) is 30.6. The molecule has 0 radical (unpaired) electrons. The third-order valence-electron chi connectivity index (χ3n) is 6.18. The molecule has 1 aliphatic carbocycles. The Morgan fingerprint density at radius 2 is 1.71 bits per heavy atom. The van der Waals surface area contributed by atoms with Gasteiger partial charge in [0.25, 0.3) is 0 Å². The van der Waals surface area contributed by atoms with Gasteiger partial charge >= 0.3 is 0 Å². The van der Waals surface area contributed by atoms with Crippen molar-refractivity contribution >= 4 is 11.8 Å². The Bertz CT molecular complexity index is 837. The van der Waals surface area contributed by atoms with E-state index in [0.29, 0.717) is 25.4 Å². The molecule has 0 bridgehead atoms. The quantitative estimate of drug-likeness (QED) is 0.600. The first kappa shape index (κ1) is 23.1. The second-order valence-electron chi connectivity index (χ2n) is 9.25. The van der Waals surface area contributed by atoms with Gasteiger partial charge < -0.3 is 14.4 Å². The minimum Gasteiger partial charge on any atom is -0.353 e. The van der Waals surface area contributed by atoms with Crippen LogP contribution in [-0.4, -0.2) is 45.3 Å². The normalized spacial score (nSPS) is 14.6. The second-order valence-corrected chi connectivity index (χ2v) is 9.25. The van der Waals surface area contributed by atoms with E-state index in [1.807, 2.05) is 59.4 Å². The van der Waals surface area contributed by atoms with Gasteiger partial charge in [-0.15, -0.1) is 0 Å². The van der Waals surface area contributed by atoms with Crippen LogP contribution in [0.25, 0.3) is 0 Å². The van der Waals surface area contributed by atoms with E-state index in [-0.39, 0.29) is 24.4 Å². The summed E-state index contributed by atoms with van der Waals surface area (Å²) in [6, 6.07) is 14.1. The summed E-state index contributed by atoms with van der Waals surface area (Å²) in [5.41, 5.74) is 2.11. The molecule has 0 N–H and O–H groups in total. The standard InChI is InChI=1S/C26H37N3O2/c1-21(2)18-28(19-24-15-10-16-27(24)3)26(31)20-29(23-13-8-5-9-14-23)25(30)17-22-11-6-4-7-12-22/h4,6-7,10-12,15-16,21,23H,5,8-9,13-14,17-20H2,1-3H3. The first-order valence-electron chi connectivity index (χ1n) is 11.7. The fourth-order valence-electron chi connectivity index (χ4n) is 4.48. The molecule has 0 saturated heterocycles. The molecular formula is C26H37N3O2. The first-order valence-corrected chi connectivity index (χ1v) is 11.7. The average Bonchev–Trinajstić information content (AvgIpc) is 3.16. The summed E-state index contributed by atoms with van der Waals surface area (Å²) in [7, 11) is 2.01. The van der Waals surface area contributed by atoms with Crippen molar-refractivity contribution in [2.45, 2.75) is 65.0 Å². The van der Waals surface area contributed by atoms with E-state index in [4.69, 9.17) is 0 Å². The van der Waals surface area contributed by atoms with Crippen molar-refractivity contribution in [3.8, 4) is 0 Å². The van der Waals surface area contributed by atoms with Crippen LogP contribution in [0, 0.1) is 5.92 Å². The van der Waals surface area contributed by atoms with Crippen LogP contribution in [0.5, 0.6) is 0 Å². The Balaban J connectivity index is 1.75. The number of benzene rings is 1. The molecule has 0 unspecified atom stereocenters. The maximum atomic E-state index is 13.4. The number of hydrogen-bond donors (Lipinski definition) is 0. The maximum Gasteiger partial charge on any atom is 0.242 e. The molecule has 1 heterocycles. The molecule has 2 aromatic rings. The molecule has 1 fully saturated rings. The van der Waals surface area contributed by atoms with Gasteiger partial charge in [0.1, 0.15) is 6.54 Å². The SMILES string of the molecule is CC(C)CN(Cc1cccn1C)C(=O)CN(C(=O)Cc1ccccc1)C1CCCCC1. The van der Waals surface area contributed by atoms with Crippen molar-refractivity contribution in [1.82, 2.24) is 14.4 Å². The van der Waals surface area contributed by atoms with Crippen molar-refractivity contribution in [3.63, 3.8) is 0 Å². The van der Waals surface area contributed by atoms with Crippen LogP contribution in [0.4, 0.5) is 0 Å². The summed E-state index contributed by atoms with van der Waals surface area (Å²) < 4.78 is 2.06. The molecule has 1 saturated carbocycles. The zero-order chi connectivity index (χ0) is 22.2. The van der Waals surface area contributed by atoms with E-state index >= 15 is 0 Å². The average molecular weight is 424 g/mol. The molecule has 168 valence electrons. The minimum absolute atomic E-state index is 0.0434.